The molecule has 1 amide bonds. The monoisotopic (exact) mass is 357 g/mol. The highest BCUT2D eigenvalue weighted by Crippen LogP contribution is 2.21. The molecule has 1 aromatic heterocycles. The second-order valence-corrected chi connectivity index (χ2v) is 6.94. The minimum atomic E-state index is -0.0490. The van der Waals surface area contributed by atoms with Crippen LogP contribution in [0, 0.1) is 6.92 Å². The third-order valence-electron chi connectivity index (χ3n) is 2.59. The minimum Gasteiger partial charge on any atom is -0.352 e. The van der Waals surface area contributed by atoms with Crippen molar-refractivity contribution in [2.24, 2.45) is 0 Å². The first kappa shape index (κ1) is 14.6. The molecule has 0 spiro atoms. The molecule has 2 rings (SSSR count). The van der Waals surface area contributed by atoms with Crippen LogP contribution in [0.15, 0.2) is 34.8 Å². The lowest BCUT2D eigenvalue weighted by Gasteiger charge is -2.06. The number of carbonyl (C=O) groups is 1. The standard InChI is InChI=1S/C14H13BrClNOS/c1-9-6-10(8-11(15)7-9)14(18)17-5-4-12-2-3-13(16)19-12/h2-3,6-8H,4-5H2,1H3,(H,17,18). The van der Waals surface area contributed by atoms with E-state index in [-0.39, 0.29) is 5.91 Å². The zero-order chi connectivity index (χ0) is 13.8. The van der Waals surface area contributed by atoms with E-state index in [0.29, 0.717) is 12.1 Å². The summed E-state index contributed by atoms with van der Waals surface area (Å²) in [6, 6.07) is 9.54. The molecule has 0 bridgehead atoms. The number of rotatable bonds is 4. The Morgan fingerprint density at radius 2 is 2.16 bits per heavy atom. The lowest BCUT2D eigenvalue weighted by Crippen LogP contribution is -2.25. The molecule has 1 heterocycles. The van der Waals surface area contributed by atoms with Gasteiger partial charge < -0.3 is 5.32 Å². The molecule has 0 aliphatic rings. The summed E-state index contributed by atoms with van der Waals surface area (Å²) in [4.78, 5) is 13.2. The Bertz CT molecular complexity index is 577. The molecule has 19 heavy (non-hydrogen) atoms. The van der Waals surface area contributed by atoms with Gasteiger partial charge in [-0.25, -0.2) is 0 Å². The van der Waals surface area contributed by atoms with Gasteiger partial charge in [0, 0.05) is 21.5 Å². The van der Waals surface area contributed by atoms with E-state index in [4.69, 9.17) is 11.6 Å². The SMILES string of the molecule is Cc1cc(Br)cc(C(=O)NCCc2ccc(Cl)s2)c1. The predicted molar refractivity (Wildman–Crippen MR) is 84.2 cm³/mol. The van der Waals surface area contributed by atoms with Crippen molar-refractivity contribution in [2.45, 2.75) is 13.3 Å². The van der Waals surface area contributed by atoms with Gasteiger partial charge in [0.05, 0.1) is 4.34 Å². The van der Waals surface area contributed by atoms with E-state index in [2.05, 4.69) is 21.2 Å². The number of amides is 1. The zero-order valence-corrected chi connectivity index (χ0v) is 13.5. The van der Waals surface area contributed by atoms with E-state index in [0.717, 1.165) is 20.8 Å². The summed E-state index contributed by atoms with van der Waals surface area (Å²) in [7, 11) is 0. The van der Waals surface area contributed by atoms with Crippen molar-refractivity contribution < 1.29 is 4.79 Å². The summed E-state index contributed by atoms with van der Waals surface area (Å²) in [5.41, 5.74) is 1.74. The predicted octanol–water partition coefficient (Wildman–Crippen LogP) is 4.44. The highest BCUT2D eigenvalue weighted by molar-refractivity contribution is 9.10. The first-order valence-electron chi connectivity index (χ1n) is 5.84. The number of aryl methyl sites for hydroxylation is 1. The normalized spacial score (nSPS) is 10.5. The van der Waals surface area contributed by atoms with Crippen LogP contribution < -0.4 is 5.32 Å². The average molecular weight is 359 g/mol. The van der Waals surface area contributed by atoms with Gasteiger partial charge in [0.1, 0.15) is 0 Å². The largest absolute Gasteiger partial charge is 0.352 e. The van der Waals surface area contributed by atoms with Crippen LogP contribution in [-0.4, -0.2) is 12.5 Å². The second-order valence-electron chi connectivity index (χ2n) is 4.23. The van der Waals surface area contributed by atoms with Crippen molar-refractivity contribution in [1.29, 1.82) is 0 Å². The number of hydrogen-bond acceptors (Lipinski definition) is 2. The minimum absolute atomic E-state index is 0.0490. The van der Waals surface area contributed by atoms with Crippen molar-refractivity contribution in [1.82, 2.24) is 5.32 Å². The van der Waals surface area contributed by atoms with E-state index >= 15 is 0 Å². The molecule has 0 saturated carbocycles. The molecule has 0 radical (unpaired) electrons. The molecular weight excluding hydrogens is 346 g/mol. The van der Waals surface area contributed by atoms with Crippen molar-refractivity contribution in [3.05, 3.63) is 55.1 Å². The number of halogens is 2. The summed E-state index contributed by atoms with van der Waals surface area (Å²) in [6.07, 6.45) is 0.802. The lowest BCUT2D eigenvalue weighted by atomic mass is 10.1. The lowest BCUT2D eigenvalue weighted by molar-refractivity contribution is 0.0954. The van der Waals surface area contributed by atoms with Crippen molar-refractivity contribution in [3.8, 4) is 0 Å². The molecule has 0 unspecified atom stereocenters. The van der Waals surface area contributed by atoms with Crippen LogP contribution in [0.4, 0.5) is 0 Å². The first-order valence-corrected chi connectivity index (χ1v) is 7.83. The molecule has 0 aliphatic heterocycles. The summed E-state index contributed by atoms with van der Waals surface area (Å²) in [6.45, 7) is 2.58. The van der Waals surface area contributed by atoms with Crippen molar-refractivity contribution >= 4 is 44.8 Å². The molecule has 0 aliphatic carbocycles. The van der Waals surface area contributed by atoms with Crippen LogP contribution >= 0.6 is 38.9 Å². The quantitative estimate of drug-likeness (QED) is 0.860. The molecular formula is C14H13BrClNOS. The highest BCUT2D eigenvalue weighted by Gasteiger charge is 2.07. The molecule has 5 heteroatoms. The molecule has 0 saturated heterocycles. The van der Waals surface area contributed by atoms with Gasteiger partial charge in [-0.1, -0.05) is 27.5 Å². The van der Waals surface area contributed by atoms with E-state index in [9.17, 15) is 4.79 Å². The van der Waals surface area contributed by atoms with Crippen LogP contribution in [-0.2, 0) is 6.42 Å². The van der Waals surface area contributed by atoms with Crippen LogP contribution in [0.1, 0.15) is 20.8 Å². The van der Waals surface area contributed by atoms with Gasteiger partial charge in [0.2, 0.25) is 0 Å². The maximum absolute atomic E-state index is 12.0. The molecule has 0 fully saturated rings. The number of thiophene rings is 1. The molecule has 1 N–H and O–H groups in total. The fourth-order valence-corrected chi connectivity index (χ4v) is 3.45. The maximum atomic E-state index is 12.0. The number of carbonyl (C=O) groups excluding carboxylic acids is 1. The fourth-order valence-electron chi connectivity index (χ4n) is 1.75. The molecule has 1 aromatic carbocycles. The van der Waals surface area contributed by atoms with E-state index < -0.39 is 0 Å². The summed E-state index contributed by atoms with van der Waals surface area (Å²) >= 11 is 10.8. The summed E-state index contributed by atoms with van der Waals surface area (Å²) in [5, 5.41) is 2.91. The Balaban J connectivity index is 1.90. The number of hydrogen-bond donors (Lipinski definition) is 1. The van der Waals surface area contributed by atoms with E-state index in [1.807, 2.05) is 37.3 Å². The van der Waals surface area contributed by atoms with Gasteiger partial charge in [0.25, 0.3) is 5.91 Å². The Morgan fingerprint density at radius 3 is 2.79 bits per heavy atom. The van der Waals surface area contributed by atoms with Crippen molar-refractivity contribution in [3.63, 3.8) is 0 Å². The fraction of sp³-hybridized carbons (Fsp3) is 0.214. The van der Waals surface area contributed by atoms with Crippen molar-refractivity contribution in [2.75, 3.05) is 6.54 Å². The van der Waals surface area contributed by atoms with Gasteiger partial charge >= 0.3 is 0 Å². The van der Waals surface area contributed by atoms with E-state index in [1.54, 1.807) is 11.3 Å². The van der Waals surface area contributed by atoms with Gasteiger partial charge in [-0.05, 0) is 49.2 Å². The maximum Gasteiger partial charge on any atom is 0.251 e. The Morgan fingerprint density at radius 1 is 1.37 bits per heavy atom. The molecule has 100 valence electrons. The van der Waals surface area contributed by atoms with Crippen LogP contribution in [0.2, 0.25) is 4.34 Å². The number of benzene rings is 1. The third-order valence-corrected chi connectivity index (χ3v) is 4.34. The molecule has 0 atom stereocenters. The molecule has 2 nitrogen and oxygen atoms in total. The van der Waals surface area contributed by atoms with Gasteiger partial charge in [-0.3, -0.25) is 4.79 Å². The average Bonchev–Trinajstić information content (AvgIpc) is 2.73. The van der Waals surface area contributed by atoms with Gasteiger partial charge in [-0.15, -0.1) is 11.3 Å². The second kappa shape index (κ2) is 6.55. The topological polar surface area (TPSA) is 29.1 Å². The Hall–Kier alpha value is -0.840. The van der Waals surface area contributed by atoms with Gasteiger partial charge in [-0.2, -0.15) is 0 Å². The zero-order valence-electron chi connectivity index (χ0n) is 10.4. The Kier molecular flexibility index (Phi) is 5.02. The van der Waals surface area contributed by atoms with Gasteiger partial charge in [0.15, 0.2) is 0 Å². The highest BCUT2D eigenvalue weighted by atomic mass is 79.9. The van der Waals surface area contributed by atoms with Crippen LogP contribution in [0.5, 0.6) is 0 Å². The first-order chi connectivity index (χ1) is 9.04. The molecule has 2 aromatic rings. The summed E-state index contributed by atoms with van der Waals surface area (Å²) in [5.74, 6) is -0.0490. The Labute approximate surface area is 129 Å². The van der Waals surface area contributed by atoms with E-state index in [1.165, 1.54) is 4.88 Å². The number of nitrogens with one attached hydrogen (secondary N) is 1. The van der Waals surface area contributed by atoms with Crippen LogP contribution in [0.25, 0.3) is 0 Å². The summed E-state index contributed by atoms with van der Waals surface area (Å²) < 4.78 is 1.70. The smallest absolute Gasteiger partial charge is 0.251 e. The third kappa shape index (κ3) is 4.34. The van der Waals surface area contributed by atoms with Crippen LogP contribution in [0.3, 0.4) is 0 Å².